The number of aliphatic hydroxyl groups excluding tert-OH is 1. The van der Waals surface area contributed by atoms with E-state index in [0.717, 1.165) is 6.42 Å². The number of rotatable bonds is 2. The lowest BCUT2D eigenvalue weighted by atomic mass is 10.1. The van der Waals surface area contributed by atoms with Crippen molar-refractivity contribution in [2.24, 2.45) is 5.92 Å². The van der Waals surface area contributed by atoms with Crippen molar-refractivity contribution >= 4 is 0 Å². The second-order valence-corrected chi connectivity index (χ2v) is 3.58. The molecule has 1 N–H and O–H groups in total. The first-order chi connectivity index (χ1) is 5.81. The van der Waals surface area contributed by atoms with Gasteiger partial charge < -0.3 is 5.11 Å². The van der Waals surface area contributed by atoms with Crippen LogP contribution in [-0.4, -0.2) is 16.7 Å². The summed E-state index contributed by atoms with van der Waals surface area (Å²) in [6.07, 6.45) is 4.90. The first-order valence-corrected chi connectivity index (χ1v) is 4.33. The van der Waals surface area contributed by atoms with E-state index in [-0.39, 0.29) is 0 Å². The molecule has 1 aromatic rings. The molecule has 1 aromatic heterocycles. The van der Waals surface area contributed by atoms with E-state index >= 15 is 0 Å². The average molecular weight is 163 g/mol. The third kappa shape index (κ3) is 1.34. The van der Waals surface area contributed by atoms with Crippen molar-refractivity contribution in [1.29, 1.82) is 0 Å². The predicted octanol–water partition coefficient (Wildman–Crippen LogP) is 1.49. The monoisotopic (exact) mass is 163 g/mol. The third-order valence-corrected chi connectivity index (χ3v) is 2.48. The molecule has 0 bridgehead atoms. The van der Waals surface area contributed by atoms with E-state index < -0.39 is 0 Å². The Bertz CT molecular complexity index is 285. The molecule has 0 radical (unpaired) electrons. The van der Waals surface area contributed by atoms with Crippen molar-refractivity contribution in [1.82, 2.24) is 4.98 Å². The topological polar surface area (TPSA) is 33.1 Å². The van der Waals surface area contributed by atoms with Gasteiger partial charge in [-0.1, -0.05) is 6.07 Å². The van der Waals surface area contributed by atoms with Gasteiger partial charge in [0.15, 0.2) is 0 Å². The fraction of sp³-hybridized carbons (Fsp3) is 0.500. The summed E-state index contributed by atoms with van der Waals surface area (Å²) < 4.78 is 0. The minimum atomic E-state index is 0.318. The normalized spacial score (nSPS) is 27.2. The molecule has 2 heteroatoms. The zero-order chi connectivity index (χ0) is 8.55. The van der Waals surface area contributed by atoms with Crippen LogP contribution in [0.4, 0.5) is 0 Å². The van der Waals surface area contributed by atoms with Gasteiger partial charge in [0.1, 0.15) is 0 Å². The maximum Gasteiger partial charge on any atom is 0.0465 e. The largest absolute Gasteiger partial charge is 0.396 e. The van der Waals surface area contributed by atoms with Gasteiger partial charge in [-0.25, -0.2) is 0 Å². The number of aryl methyl sites for hydroxylation is 1. The van der Waals surface area contributed by atoms with Crippen LogP contribution in [0.1, 0.15) is 23.5 Å². The van der Waals surface area contributed by atoms with E-state index in [1.54, 1.807) is 0 Å². The number of aliphatic hydroxyl groups is 1. The van der Waals surface area contributed by atoms with E-state index in [9.17, 15) is 0 Å². The fourth-order valence-electron chi connectivity index (χ4n) is 1.64. The summed E-state index contributed by atoms with van der Waals surface area (Å²) in [4.78, 5) is 4.13. The smallest absolute Gasteiger partial charge is 0.0465 e. The Balaban J connectivity index is 2.14. The van der Waals surface area contributed by atoms with Crippen molar-refractivity contribution in [3.05, 3.63) is 29.6 Å². The first-order valence-electron chi connectivity index (χ1n) is 4.33. The summed E-state index contributed by atoms with van der Waals surface area (Å²) in [5, 5.41) is 8.89. The minimum Gasteiger partial charge on any atom is -0.396 e. The Labute approximate surface area is 72.3 Å². The summed E-state index contributed by atoms with van der Waals surface area (Å²) in [5.41, 5.74) is 2.49. The van der Waals surface area contributed by atoms with Gasteiger partial charge in [0.2, 0.25) is 0 Å². The molecule has 0 aromatic carbocycles. The summed E-state index contributed by atoms with van der Waals surface area (Å²) in [5.74, 6) is 1.07. The van der Waals surface area contributed by atoms with Crippen LogP contribution in [0, 0.1) is 12.8 Å². The second-order valence-electron chi connectivity index (χ2n) is 3.58. The molecule has 64 valence electrons. The van der Waals surface area contributed by atoms with Crippen LogP contribution < -0.4 is 0 Å². The molecule has 2 nitrogen and oxygen atoms in total. The molecule has 1 aliphatic carbocycles. The van der Waals surface area contributed by atoms with E-state index in [1.165, 1.54) is 11.1 Å². The van der Waals surface area contributed by atoms with E-state index in [1.807, 2.05) is 19.3 Å². The van der Waals surface area contributed by atoms with Gasteiger partial charge in [0, 0.05) is 19.0 Å². The Morgan fingerprint density at radius 2 is 2.42 bits per heavy atom. The number of hydrogen-bond donors (Lipinski definition) is 1. The van der Waals surface area contributed by atoms with Crippen LogP contribution in [-0.2, 0) is 0 Å². The maximum absolute atomic E-state index is 8.89. The van der Waals surface area contributed by atoms with Crippen LogP contribution >= 0.6 is 0 Å². The van der Waals surface area contributed by atoms with Gasteiger partial charge in [-0.2, -0.15) is 0 Å². The lowest BCUT2D eigenvalue weighted by Crippen LogP contribution is -1.90. The molecule has 1 saturated carbocycles. The zero-order valence-electron chi connectivity index (χ0n) is 7.20. The van der Waals surface area contributed by atoms with E-state index in [0.29, 0.717) is 18.4 Å². The molecule has 0 spiro atoms. The molecular weight excluding hydrogens is 150 g/mol. The summed E-state index contributed by atoms with van der Waals surface area (Å²) in [7, 11) is 0. The lowest BCUT2D eigenvalue weighted by Gasteiger charge is -1.98. The SMILES string of the molecule is Cc1cncc([C@H]2C[C@@H]2CO)c1. The standard InChI is InChI=1S/C10H13NO/c1-7-2-8(5-11-4-7)10-3-9(10)6-12/h2,4-5,9-10,12H,3,6H2,1H3/t9-,10-/m1/s1. The Morgan fingerprint density at radius 3 is 3.00 bits per heavy atom. The Hall–Kier alpha value is -0.890. The molecule has 1 fully saturated rings. The molecule has 12 heavy (non-hydrogen) atoms. The lowest BCUT2D eigenvalue weighted by molar-refractivity contribution is 0.274. The number of hydrogen-bond acceptors (Lipinski definition) is 2. The van der Waals surface area contributed by atoms with E-state index in [2.05, 4.69) is 11.1 Å². The molecule has 1 aliphatic rings. The molecule has 0 unspecified atom stereocenters. The van der Waals surface area contributed by atoms with Crippen molar-refractivity contribution in [3.8, 4) is 0 Å². The molecule has 0 aliphatic heterocycles. The van der Waals surface area contributed by atoms with Crippen LogP contribution in [0.3, 0.4) is 0 Å². The molecule has 2 atom stereocenters. The van der Waals surface area contributed by atoms with Crippen molar-refractivity contribution in [2.75, 3.05) is 6.61 Å². The quantitative estimate of drug-likeness (QED) is 0.716. The van der Waals surface area contributed by atoms with Crippen molar-refractivity contribution in [3.63, 3.8) is 0 Å². The summed E-state index contributed by atoms with van der Waals surface area (Å²) in [6.45, 7) is 2.37. The number of nitrogens with zero attached hydrogens (tertiary/aromatic N) is 1. The molecule has 1 heterocycles. The zero-order valence-corrected chi connectivity index (χ0v) is 7.20. The van der Waals surface area contributed by atoms with Crippen LogP contribution in [0.15, 0.2) is 18.5 Å². The molecule has 2 rings (SSSR count). The molecule has 0 saturated heterocycles. The summed E-state index contributed by atoms with van der Waals surface area (Å²) >= 11 is 0. The Morgan fingerprint density at radius 1 is 1.58 bits per heavy atom. The second kappa shape index (κ2) is 2.87. The number of pyridine rings is 1. The van der Waals surface area contributed by atoms with Gasteiger partial charge in [-0.15, -0.1) is 0 Å². The molecular formula is C10H13NO. The third-order valence-electron chi connectivity index (χ3n) is 2.48. The average Bonchev–Trinajstić information content (AvgIpc) is 2.83. The summed E-state index contributed by atoms with van der Waals surface area (Å²) in [6, 6.07) is 2.16. The first kappa shape index (κ1) is 7.74. The highest BCUT2D eigenvalue weighted by atomic mass is 16.3. The Kier molecular flexibility index (Phi) is 1.85. The van der Waals surface area contributed by atoms with E-state index in [4.69, 9.17) is 5.11 Å². The molecule has 0 amide bonds. The van der Waals surface area contributed by atoms with Gasteiger partial charge in [-0.3, -0.25) is 4.98 Å². The highest BCUT2D eigenvalue weighted by molar-refractivity contribution is 5.26. The number of aromatic nitrogens is 1. The van der Waals surface area contributed by atoms with Gasteiger partial charge in [-0.05, 0) is 36.3 Å². The fourth-order valence-corrected chi connectivity index (χ4v) is 1.64. The highest BCUT2D eigenvalue weighted by Crippen LogP contribution is 2.46. The highest BCUT2D eigenvalue weighted by Gasteiger charge is 2.37. The minimum absolute atomic E-state index is 0.318. The van der Waals surface area contributed by atoms with Crippen LogP contribution in [0.25, 0.3) is 0 Å². The van der Waals surface area contributed by atoms with Crippen LogP contribution in [0.5, 0.6) is 0 Å². The van der Waals surface area contributed by atoms with Crippen LogP contribution in [0.2, 0.25) is 0 Å². The van der Waals surface area contributed by atoms with Crippen molar-refractivity contribution in [2.45, 2.75) is 19.3 Å². The van der Waals surface area contributed by atoms with Gasteiger partial charge in [0.25, 0.3) is 0 Å². The van der Waals surface area contributed by atoms with Crippen molar-refractivity contribution < 1.29 is 5.11 Å². The van der Waals surface area contributed by atoms with Gasteiger partial charge >= 0.3 is 0 Å². The predicted molar refractivity (Wildman–Crippen MR) is 46.9 cm³/mol. The van der Waals surface area contributed by atoms with Gasteiger partial charge in [0.05, 0.1) is 0 Å². The maximum atomic E-state index is 8.89.